The summed E-state index contributed by atoms with van der Waals surface area (Å²) >= 11 is 0. The second-order valence-electron chi connectivity index (χ2n) is 11.9. The van der Waals surface area contributed by atoms with E-state index in [9.17, 15) is 64.3 Å². The molecule has 22 nitrogen and oxygen atoms in total. The van der Waals surface area contributed by atoms with E-state index < -0.39 is 90.0 Å². The molecular formula is C34H24N8Na3O14S3. The number of nitro groups is 1. The van der Waals surface area contributed by atoms with E-state index in [1.54, 1.807) is 30.3 Å². The predicted octanol–water partition coefficient (Wildman–Crippen LogP) is 7.45. The van der Waals surface area contributed by atoms with Crippen molar-refractivity contribution in [3.05, 3.63) is 113 Å². The fourth-order valence-electron chi connectivity index (χ4n) is 5.20. The maximum absolute atomic E-state index is 12.3. The number of non-ortho nitro benzene ring substituents is 1. The minimum Gasteiger partial charge on any atom is -0.507 e. The molecule has 0 unspecified atom stereocenters. The summed E-state index contributed by atoms with van der Waals surface area (Å²) in [6, 6.07) is 20.3. The van der Waals surface area contributed by atoms with Crippen LogP contribution in [0.2, 0.25) is 0 Å². The van der Waals surface area contributed by atoms with Crippen LogP contribution >= 0.6 is 0 Å². The average Bonchev–Trinajstić information content (AvgIpc) is 3.16. The number of phenolic OH excluding ortho intramolecular Hbond substituents is 3. The number of rotatable bonds is 12. The largest absolute Gasteiger partial charge is 0.507 e. The molecular weight excluding hydrogens is 910 g/mol. The molecule has 62 heavy (non-hydrogen) atoms. The molecule has 0 spiro atoms. The van der Waals surface area contributed by atoms with Gasteiger partial charge in [-0.2, -0.15) is 35.5 Å². The van der Waals surface area contributed by atoms with Crippen LogP contribution in [-0.2, 0) is 30.4 Å². The third-order valence-corrected chi connectivity index (χ3v) is 10.5. The molecule has 0 bridgehead atoms. The molecule has 6 aromatic rings. The van der Waals surface area contributed by atoms with Crippen molar-refractivity contribution in [1.82, 2.24) is 0 Å². The third kappa shape index (κ3) is 12.5. The fourth-order valence-corrected chi connectivity index (χ4v) is 6.94. The van der Waals surface area contributed by atoms with Crippen LogP contribution in [0.4, 0.5) is 51.2 Å². The number of nitro benzene ring substituents is 1. The molecule has 0 saturated carbocycles. The van der Waals surface area contributed by atoms with E-state index >= 15 is 0 Å². The van der Waals surface area contributed by atoms with Crippen molar-refractivity contribution in [3.63, 3.8) is 0 Å². The minimum absolute atomic E-state index is 0. The second-order valence-corrected chi connectivity index (χ2v) is 16.1. The monoisotopic (exact) mass is 933 g/mol. The van der Waals surface area contributed by atoms with Gasteiger partial charge >= 0.3 is 0 Å². The Kier molecular flexibility index (Phi) is 17.6. The number of phenols is 3. The molecule has 3 radical (unpaired) electrons. The fraction of sp³-hybridized carbons (Fsp3) is 0. The van der Waals surface area contributed by atoms with E-state index in [1.807, 2.05) is 0 Å². The Morgan fingerprint density at radius 2 is 1.06 bits per heavy atom. The van der Waals surface area contributed by atoms with E-state index in [4.69, 9.17) is 0 Å². The Hall–Kier alpha value is -4.29. The number of hydrogen-bond acceptors (Lipinski definition) is 18. The van der Waals surface area contributed by atoms with E-state index in [2.05, 4.69) is 36.0 Å². The molecule has 28 heteroatoms. The zero-order valence-electron chi connectivity index (χ0n) is 32.1. The summed E-state index contributed by atoms with van der Waals surface area (Å²) in [5.74, 6) is -2.79. The Morgan fingerprint density at radius 3 is 1.60 bits per heavy atom. The van der Waals surface area contributed by atoms with Gasteiger partial charge in [0.15, 0.2) is 17.2 Å². The molecule has 305 valence electrons. The number of nitrogens with one attached hydrogen (secondary N) is 1. The molecule has 6 rings (SSSR count). The Labute approximate surface area is 416 Å². The smallest absolute Gasteiger partial charge is 0.296 e. The summed E-state index contributed by atoms with van der Waals surface area (Å²) in [5.41, 5.74) is -2.43. The third-order valence-electron chi connectivity index (χ3n) is 7.92. The molecule has 0 aliphatic rings. The van der Waals surface area contributed by atoms with Crippen LogP contribution in [0.5, 0.6) is 17.2 Å². The Bertz CT molecular complexity index is 3120. The second kappa shape index (κ2) is 20.9. The van der Waals surface area contributed by atoms with Crippen LogP contribution in [0.3, 0.4) is 0 Å². The summed E-state index contributed by atoms with van der Waals surface area (Å²) in [6.07, 6.45) is 0. The number of hydrogen-bond donors (Lipinski definition) is 7. The summed E-state index contributed by atoms with van der Waals surface area (Å²) in [4.78, 5) is 8.06. The topological polar surface area (TPSA) is 353 Å². The van der Waals surface area contributed by atoms with Gasteiger partial charge < -0.3 is 20.6 Å². The van der Waals surface area contributed by atoms with Gasteiger partial charge in [-0.05, 0) is 66.0 Å². The van der Waals surface area contributed by atoms with Gasteiger partial charge in [0.1, 0.15) is 22.0 Å². The van der Waals surface area contributed by atoms with Gasteiger partial charge in [0.05, 0.1) is 42.9 Å². The van der Waals surface area contributed by atoms with Crippen molar-refractivity contribution in [1.29, 1.82) is 0 Å². The molecule has 0 atom stereocenters. The first-order valence-corrected chi connectivity index (χ1v) is 20.3. The normalized spacial score (nSPS) is 11.9. The quantitative estimate of drug-likeness (QED) is 0.0206. The van der Waals surface area contributed by atoms with Gasteiger partial charge in [-0.3, -0.25) is 23.8 Å². The molecule has 0 aliphatic heterocycles. The molecule has 0 heterocycles. The van der Waals surface area contributed by atoms with E-state index in [0.29, 0.717) is 17.8 Å². The first-order valence-electron chi connectivity index (χ1n) is 16.0. The van der Waals surface area contributed by atoms with Crippen LogP contribution in [0, 0.1) is 10.1 Å². The van der Waals surface area contributed by atoms with Gasteiger partial charge in [-0.15, -0.1) is 20.5 Å². The molecule has 0 aromatic heterocycles. The van der Waals surface area contributed by atoms with Crippen molar-refractivity contribution in [3.8, 4) is 17.2 Å². The molecule has 0 saturated heterocycles. The van der Waals surface area contributed by atoms with E-state index in [-0.39, 0.29) is 122 Å². The summed E-state index contributed by atoms with van der Waals surface area (Å²) in [5, 5.41) is 69.6. The Balaban J connectivity index is 0.00000341. The van der Waals surface area contributed by atoms with Crippen molar-refractivity contribution < 1.29 is 59.2 Å². The summed E-state index contributed by atoms with van der Waals surface area (Å²) in [6.45, 7) is 0. The van der Waals surface area contributed by atoms with Crippen LogP contribution in [0.15, 0.2) is 149 Å². The van der Waals surface area contributed by atoms with Crippen molar-refractivity contribution >= 4 is 181 Å². The SMILES string of the molecule is O=[N+]([O-])c1ccc(N=Nc2cc(N=Nc3ccc(Nc4ccccc4)c(S(=O)(=O)O)c3)c(O)c(N=Nc3cc(S(=O)(=O)O)cc4cc(S(=O)(=O)O)cc(O)c34)c2O)cc1.[Na].[Na].[Na]. The maximum atomic E-state index is 12.3. The van der Waals surface area contributed by atoms with Gasteiger partial charge in [-0.25, -0.2) is 0 Å². The van der Waals surface area contributed by atoms with Crippen LogP contribution in [-0.4, -0.2) is 148 Å². The summed E-state index contributed by atoms with van der Waals surface area (Å²) < 4.78 is 102. The van der Waals surface area contributed by atoms with E-state index in [0.717, 1.165) is 36.4 Å². The van der Waals surface area contributed by atoms with Crippen LogP contribution in [0.25, 0.3) is 10.8 Å². The first kappa shape index (κ1) is 52.1. The number of benzene rings is 6. The van der Waals surface area contributed by atoms with Crippen molar-refractivity contribution in [2.75, 3.05) is 5.32 Å². The number of fused-ring (bicyclic) bond motifs is 1. The number of aromatic hydroxyl groups is 3. The maximum Gasteiger partial charge on any atom is 0.296 e. The standard InChI is InChI=1S/C34H24N8O14S3.3Na/c43-29-16-24(58(51,52)53)13-18-12-23(57(48,49)50)15-26(31(18)29)38-41-32-33(44)27(39-36-20-6-9-22(10-7-20)42(46)47)17-28(34(32)45)40-37-21-8-11-25(30(14-21)59(54,55)56)35-19-4-2-1-3-5-19;;;/h1-17,35,43-45H,(H,48,49,50)(H,51,52,53)(H,54,55,56);;;. The Morgan fingerprint density at radius 1 is 0.548 bits per heavy atom. The number of nitrogens with zero attached hydrogens (tertiary/aromatic N) is 7. The molecule has 0 fully saturated rings. The zero-order chi connectivity index (χ0) is 42.9. The number of anilines is 2. The summed E-state index contributed by atoms with van der Waals surface area (Å²) in [7, 11) is -14.8. The predicted molar refractivity (Wildman–Crippen MR) is 224 cm³/mol. The van der Waals surface area contributed by atoms with Gasteiger partial charge in [-0.1, -0.05) is 18.2 Å². The van der Waals surface area contributed by atoms with Gasteiger partial charge in [0.25, 0.3) is 36.0 Å². The zero-order valence-corrected chi connectivity index (χ0v) is 40.6. The van der Waals surface area contributed by atoms with Crippen molar-refractivity contribution in [2.24, 2.45) is 30.7 Å². The van der Waals surface area contributed by atoms with Gasteiger partial charge in [0, 0.05) is 119 Å². The molecule has 6 aromatic carbocycles. The van der Waals surface area contributed by atoms with Crippen molar-refractivity contribution in [2.45, 2.75) is 14.7 Å². The van der Waals surface area contributed by atoms with Crippen LogP contribution < -0.4 is 5.32 Å². The van der Waals surface area contributed by atoms with Gasteiger partial charge in [0.2, 0.25) is 0 Å². The average molecular weight is 934 g/mol. The van der Waals surface area contributed by atoms with E-state index in [1.165, 1.54) is 24.3 Å². The number of azo groups is 3. The first-order chi connectivity index (χ1) is 27.7. The molecule has 0 amide bonds. The number of para-hydroxylation sites is 1. The molecule has 7 N–H and O–H groups in total. The molecule has 0 aliphatic carbocycles. The minimum atomic E-state index is -5.04. The van der Waals surface area contributed by atoms with Crippen LogP contribution in [0.1, 0.15) is 0 Å².